The zero-order chi connectivity index (χ0) is 7.28. The van der Waals surface area contributed by atoms with Gasteiger partial charge in [0.05, 0.1) is 13.7 Å². The molecule has 0 atom stereocenters. The second-order valence-corrected chi connectivity index (χ2v) is 1.90. The van der Waals surface area contributed by atoms with E-state index in [0.29, 0.717) is 5.03 Å². The van der Waals surface area contributed by atoms with E-state index in [2.05, 4.69) is 16.6 Å². The number of rotatable bonds is 2. The molecule has 0 aliphatic carbocycles. The predicted octanol–water partition coefficient (Wildman–Crippen LogP) is 1.09. The van der Waals surface area contributed by atoms with Gasteiger partial charge in [-0.15, -0.1) is 0 Å². The molecular weight excluding hydrogens is 142 g/mol. The molecule has 0 radical (unpaired) electrons. The molecule has 0 fully saturated rings. The Morgan fingerprint density at radius 2 is 2.44 bits per heavy atom. The second kappa shape index (κ2) is 4.21. The maximum Gasteiger partial charge on any atom is 0.407 e. The molecule has 0 aliphatic heterocycles. The van der Waals surface area contributed by atoms with Crippen molar-refractivity contribution in [3.8, 4) is 0 Å². The lowest BCUT2D eigenvalue weighted by Crippen LogP contribution is -2.23. The van der Waals surface area contributed by atoms with Gasteiger partial charge in [-0.2, -0.15) is 0 Å². The summed E-state index contributed by atoms with van der Waals surface area (Å²) in [5.41, 5.74) is 0. The Morgan fingerprint density at radius 1 is 1.89 bits per heavy atom. The van der Waals surface area contributed by atoms with Gasteiger partial charge in [-0.3, -0.25) is 0 Å². The SMILES string of the molecule is C=C(Cl)CNC(=O)OC. The van der Waals surface area contributed by atoms with Gasteiger partial charge in [-0.25, -0.2) is 4.79 Å². The van der Waals surface area contributed by atoms with Crippen LogP contribution in [0, 0.1) is 0 Å². The average Bonchev–Trinajstić information content (AvgIpc) is 1.83. The lowest BCUT2D eigenvalue weighted by molar-refractivity contribution is 0.172. The van der Waals surface area contributed by atoms with Crippen molar-refractivity contribution >= 4 is 17.7 Å². The lowest BCUT2D eigenvalue weighted by atomic mass is 10.6. The molecule has 0 saturated carbocycles. The van der Waals surface area contributed by atoms with Crippen LogP contribution in [0.25, 0.3) is 0 Å². The molecule has 0 unspecified atom stereocenters. The largest absolute Gasteiger partial charge is 0.453 e. The van der Waals surface area contributed by atoms with Crippen molar-refractivity contribution in [2.75, 3.05) is 13.7 Å². The average molecular weight is 150 g/mol. The summed E-state index contributed by atoms with van der Waals surface area (Å²) in [7, 11) is 1.28. The third-order valence-electron chi connectivity index (χ3n) is 0.610. The molecule has 9 heavy (non-hydrogen) atoms. The number of alkyl carbamates (subject to hydrolysis) is 1. The maximum absolute atomic E-state index is 10.3. The van der Waals surface area contributed by atoms with Gasteiger partial charge in [0.25, 0.3) is 0 Å². The summed E-state index contributed by atoms with van der Waals surface area (Å²) in [5.74, 6) is 0. The Hall–Kier alpha value is -0.700. The Labute approximate surface area is 58.6 Å². The highest BCUT2D eigenvalue weighted by atomic mass is 35.5. The highest BCUT2D eigenvalue weighted by Gasteiger charge is 1.95. The van der Waals surface area contributed by atoms with Gasteiger partial charge >= 0.3 is 6.09 Å². The first-order valence-corrected chi connectivity index (χ1v) is 2.69. The van der Waals surface area contributed by atoms with E-state index in [1.54, 1.807) is 0 Å². The number of hydrogen-bond donors (Lipinski definition) is 1. The molecule has 0 heterocycles. The highest BCUT2D eigenvalue weighted by Crippen LogP contribution is 1.91. The number of hydrogen-bond acceptors (Lipinski definition) is 2. The molecule has 0 saturated heterocycles. The number of methoxy groups -OCH3 is 1. The number of carbonyl (C=O) groups is 1. The minimum Gasteiger partial charge on any atom is -0.453 e. The molecule has 0 rings (SSSR count). The Balaban J connectivity index is 3.28. The first kappa shape index (κ1) is 8.30. The van der Waals surface area contributed by atoms with Crippen LogP contribution < -0.4 is 5.32 Å². The van der Waals surface area contributed by atoms with Crippen LogP contribution in [0.5, 0.6) is 0 Å². The normalized spacial score (nSPS) is 8.22. The molecule has 0 aromatic heterocycles. The van der Waals surface area contributed by atoms with E-state index in [0.717, 1.165) is 0 Å². The van der Waals surface area contributed by atoms with E-state index in [4.69, 9.17) is 11.6 Å². The van der Waals surface area contributed by atoms with E-state index in [1.807, 2.05) is 0 Å². The smallest absolute Gasteiger partial charge is 0.407 e. The molecule has 0 aliphatic rings. The predicted molar refractivity (Wildman–Crippen MR) is 35.4 cm³/mol. The minimum absolute atomic E-state index is 0.244. The van der Waals surface area contributed by atoms with Gasteiger partial charge in [0.2, 0.25) is 0 Å². The van der Waals surface area contributed by atoms with Gasteiger partial charge in [0.15, 0.2) is 0 Å². The number of nitrogens with one attached hydrogen (secondary N) is 1. The zero-order valence-corrected chi connectivity index (χ0v) is 5.86. The summed E-state index contributed by atoms with van der Waals surface area (Å²) in [6.07, 6.45) is -0.503. The van der Waals surface area contributed by atoms with Crippen molar-refractivity contribution in [1.82, 2.24) is 5.32 Å². The van der Waals surface area contributed by atoms with Crippen molar-refractivity contribution in [2.45, 2.75) is 0 Å². The van der Waals surface area contributed by atoms with Crippen molar-refractivity contribution in [2.24, 2.45) is 0 Å². The van der Waals surface area contributed by atoms with E-state index in [1.165, 1.54) is 7.11 Å². The maximum atomic E-state index is 10.3. The molecular formula is C5H8ClNO2. The molecule has 4 heteroatoms. The fourth-order valence-corrected chi connectivity index (χ4v) is 0.307. The van der Waals surface area contributed by atoms with Crippen LogP contribution in [0.1, 0.15) is 0 Å². The monoisotopic (exact) mass is 149 g/mol. The number of ether oxygens (including phenoxy) is 1. The quantitative estimate of drug-likeness (QED) is 0.639. The van der Waals surface area contributed by atoms with Crippen molar-refractivity contribution in [3.05, 3.63) is 11.6 Å². The van der Waals surface area contributed by atoms with Crippen LogP contribution >= 0.6 is 11.6 Å². The summed E-state index contributed by atoms with van der Waals surface area (Å²) < 4.78 is 4.25. The molecule has 3 nitrogen and oxygen atoms in total. The number of halogens is 1. The Kier molecular flexibility index (Phi) is 3.88. The number of amides is 1. The van der Waals surface area contributed by atoms with Gasteiger partial charge in [0.1, 0.15) is 0 Å². The van der Waals surface area contributed by atoms with Crippen LogP contribution in [0.15, 0.2) is 11.6 Å². The molecule has 0 spiro atoms. The fraction of sp³-hybridized carbons (Fsp3) is 0.400. The van der Waals surface area contributed by atoms with Gasteiger partial charge in [0, 0.05) is 5.03 Å². The van der Waals surface area contributed by atoms with Crippen LogP contribution in [0.3, 0.4) is 0 Å². The molecule has 52 valence electrons. The van der Waals surface area contributed by atoms with E-state index in [-0.39, 0.29) is 6.54 Å². The minimum atomic E-state index is -0.503. The molecule has 1 amide bonds. The van der Waals surface area contributed by atoms with Crippen LogP contribution in [-0.4, -0.2) is 19.7 Å². The fourth-order valence-electron chi connectivity index (χ4n) is 0.240. The third kappa shape index (κ3) is 5.17. The van der Waals surface area contributed by atoms with E-state index >= 15 is 0 Å². The summed E-state index contributed by atoms with van der Waals surface area (Å²) in [6.45, 7) is 3.60. The van der Waals surface area contributed by atoms with Crippen LogP contribution in [0.4, 0.5) is 4.79 Å². The third-order valence-corrected chi connectivity index (χ3v) is 0.744. The van der Waals surface area contributed by atoms with Crippen LogP contribution in [-0.2, 0) is 4.74 Å². The van der Waals surface area contributed by atoms with Crippen molar-refractivity contribution < 1.29 is 9.53 Å². The van der Waals surface area contributed by atoms with Gasteiger partial charge in [-0.1, -0.05) is 18.2 Å². The highest BCUT2D eigenvalue weighted by molar-refractivity contribution is 6.29. The van der Waals surface area contributed by atoms with E-state index < -0.39 is 6.09 Å². The number of carbonyl (C=O) groups excluding carboxylic acids is 1. The van der Waals surface area contributed by atoms with Crippen molar-refractivity contribution in [1.29, 1.82) is 0 Å². The standard InChI is InChI=1S/C5H8ClNO2/c1-4(6)3-7-5(8)9-2/h1,3H2,2H3,(H,7,8). The Morgan fingerprint density at radius 3 is 2.78 bits per heavy atom. The van der Waals surface area contributed by atoms with Gasteiger partial charge < -0.3 is 10.1 Å². The summed E-state index contributed by atoms with van der Waals surface area (Å²) in [6, 6.07) is 0. The first-order chi connectivity index (χ1) is 4.16. The second-order valence-electron chi connectivity index (χ2n) is 1.36. The van der Waals surface area contributed by atoms with Crippen LogP contribution in [0.2, 0.25) is 0 Å². The molecule has 0 aromatic carbocycles. The van der Waals surface area contributed by atoms with E-state index in [9.17, 15) is 4.79 Å². The summed E-state index contributed by atoms with van der Waals surface area (Å²) in [5, 5.41) is 2.71. The molecule has 0 aromatic rings. The Bertz CT molecular complexity index is 124. The molecule has 1 N–H and O–H groups in total. The molecule has 0 bridgehead atoms. The summed E-state index contributed by atoms with van der Waals surface area (Å²) >= 11 is 5.31. The lowest BCUT2D eigenvalue weighted by Gasteiger charge is -1.99. The summed E-state index contributed by atoms with van der Waals surface area (Å²) in [4.78, 5) is 10.3. The zero-order valence-electron chi connectivity index (χ0n) is 5.11. The van der Waals surface area contributed by atoms with Gasteiger partial charge in [-0.05, 0) is 0 Å². The topological polar surface area (TPSA) is 38.3 Å². The van der Waals surface area contributed by atoms with Crippen molar-refractivity contribution in [3.63, 3.8) is 0 Å². The first-order valence-electron chi connectivity index (χ1n) is 2.32.